The molecule has 0 aliphatic carbocycles. The van der Waals surface area contributed by atoms with Crippen molar-refractivity contribution < 1.29 is 9.53 Å². The van der Waals surface area contributed by atoms with Gasteiger partial charge in [0.15, 0.2) is 0 Å². The lowest BCUT2D eigenvalue weighted by Gasteiger charge is -2.09. The first kappa shape index (κ1) is 17.2. The van der Waals surface area contributed by atoms with Crippen molar-refractivity contribution in [3.63, 3.8) is 0 Å². The predicted octanol–water partition coefficient (Wildman–Crippen LogP) is 4.90. The van der Waals surface area contributed by atoms with E-state index in [-0.39, 0.29) is 5.91 Å². The Hall–Kier alpha value is -2.66. The van der Waals surface area contributed by atoms with Gasteiger partial charge in [0.1, 0.15) is 18.2 Å². The van der Waals surface area contributed by atoms with E-state index in [1.165, 1.54) is 11.3 Å². The van der Waals surface area contributed by atoms with Crippen LogP contribution in [0.3, 0.4) is 0 Å². The molecule has 5 heteroatoms. The fourth-order valence-electron chi connectivity index (χ4n) is 2.38. The van der Waals surface area contributed by atoms with Gasteiger partial charge in [0.2, 0.25) is 0 Å². The maximum atomic E-state index is 12.3. The maximum Gasteiger partial charge on any atom is 0.266 e. The summed E-state index contributed by atoms with van der Waals surface area (Å²) in [6.45, 7) is 6.47. The Morgan fingerprint density at radius 1 is 1.12 bits per heavy atom. The summed E-state index contributed by atoms with van der Waals surface area (Å²) in [6, 6.07) is 11.7. The van der Waals surface area contributed by atoms with Gasteiger partial charge in [0.25, 0.3) is 5.91 Å². The first-order chi connectivity index (χ1) is 12.0. The number of carbonyl (C=O) groups excluding carboxylic acids is 1. The number of pyridine rings is 1. The second-order valence-corrected chi connectivity index (χ2v) is 6.96. The van der Waals surface area contributed by atoms with Crippen molar-refractivity contribution in [1.29, 1.82) is 0 Å². The fraction of sp³-hybridized carbons (Fsp3) is 0.200. The number of aromatic nitrogens is 1. The van der Waals surface area contributed by atoms with Crippen LogP contribution in [0.4, 0.5) is 5.82 Å². The predicted molar refractivity (Wildman–Crippen MR) is 101 cm³/mol. The summed E-state index contributed by atoms with van der Waals surface area (Å²) >= 11 is 1.40. The summed E-state index contributed by atoms with van der Waals surface area (Å²) in [6.07, 6.45) is 1.68. The van der Waals surface area contributed by atoms with Crippen LogP contribution in [0.15, 0.2) is 48.0 Å². The van der Waals surface area contributed by atoms with Gasteiger partial charge in [-0.05, 0) is 67.1 Å². The minimum atomic E-state index is -0.152. The van der Waals surface area contributed by atoms with Gasteiger partial charge in [-0.15, -0.1) is 11.3 Å². The number of carbonyl (C=O) groups is 1. The number of ether oxygens (including phenoxy) is 1. The van der Waals surface area contributed by atoms with Gasteiger partial charge in [0, 0.05) is 11.8 Å². The quantitative estimate of drug-likeness (QED) is 0.710. The molecule has 0 saturated carbocycles. The second kappa shape index (κ2) is 7.49. The molecule has 1 aromatic carbocycles. The molecular weight excluding hydrogens is 332 g/mol. The number of nitrogens with zero attached hydrogens (tertiary/aromatic N) is 1. The van der Waals surface area contributed by atoms with Gasteiger partial charge in [0.05, 0.1) is 4.88 Å². The van der Waals surface area contributed by atoms with Gasteiger partial charge in [-0.25, -0.2) is 4.98 Å². The number of aryl methyl sites for hydroxylation is 3. The van der Waals surface area contributed by atoms with Crippen LogP contribution in [-0.2, 0) is 6.61 Å². The average Bonchev–Trinajstić information content (AvgIpc) is 3.05. The van der Waals surface area contributed by atoms with Crippen LogP contribution in [0.5, 0.6) is 5.75 Å². The summed E-state index contributed by atoms with van der Waals surface area (Å²) in [4.78, 5) is 17.1. The Kier molecular flexibility index (Phi) is 5.14. The number of hydrogen-bond acceptors (Lipinski definition) is 4. The summed E-state index contributed by atoms with van der Waals surface area (Å²) in [5.74, 6) is 1.29. The molecule has 0 bridgehead atoms. The lowest BCUT2D eigenvalue weighted by atomic mass is 10.1. The van der Waals surface area contributed by atoms with Crippen molar-refractivity contribution in [2.75, 3.05) is 5.32 Å². The molecule has 3 rings (SSSR count). The zero-order chi connectivity index (χ0) is 17.8. The molecule has 3 aromatic rings. The van der Waals surface area contributed by atoms with Gasteiger partial charge in [-0.2, -0.15) is 0 Å². The smallest absolute Gasteiger partial charge is 0.266 e. The third-order valence-electron chi connectivity index (χ3n) is 3.77. The summed E-state index contributed by atoms with van der Waals surface area (Å²) in [7, 11) is 0. The molecule has 1 N–H and O–H groups in total. The molecule has 0 spiro atoms. The zero-order valence-corrected chi connectivity index (χ0v) is 15.3. The molecule has 1 amide bonds. The number of anilines is 1. The number of amides is 1. The van der Waals surface area contributed by atoms with Crippen LogP contribution in [0.1, 0.15) is 31.9 Å². The second-order valence-electron chi connectivity index (χ2n) is 6.05. The Balaban J connectivity index is 1.63. The van der Waals surface area contributed by atoms with E-state index in [9.17, 15) is 4.79 Å². The molecule has 4 nitrogen and oxygen atoms in total. The highest BCUT2D eigenvalue weighted by molar-refractivity contribution is 7.12. The van der Waals surface area contributed by atoms with Crippen molar-refractivity contribution in [3.05, 3.63) is 75.1 Å². The minimum absolute atomic E-state index is 0.152. The standard InChI is InChI=1S/C20H20N2O2S/c1-13-4-5-15(3)17(8-13)24-11-16-10-18(25-12-16)20(23)22-19-9-14(2)6-7-21-19/h4-10,12H,11H2,1-3H3,(H,21,22,23). The van der Waals surface area contributed by atoms with E-state index >= 15 is 0 Å². The maximum absolute atomic E-state index is 12.3. The van der Waals surface area contributed by atoms with Crippen LogP contribution < -0.4 is 10.1 Å². The molecule has 0 saturated heterocycles. The van der Waals surface area contributed by atoms with Gasteiger partial charge in [-0.1, -0.05) is 12.1 Å². The monoisotopic (exact) mass is 352 g/mol. The summed E-state index contributed by atoms with van der Waals surface area (Å²) < 4.78 is 5.89. The topological polar surface area (TPSA) is 51.2 Å². The van der Waals surface area contributed by atoms with Crippen LogP contribution in [0, 0.1) is 20.8 Å². The minimum Gasteiger partial charge on any atom is -0.489 e. The average molecular weight is 352 g/mol. The van der Waals surface area contributed by atoms with Crippen molar-refractivity contribution in [3.8, 4) is 5.75 Å². The molecule has 2 aromatic heterocycles. The third-order valence-corrected chi connectivity index (χ3v) is 4.75. The SMILES string of the molecule is Cc1ccnc(NC(=O)c2cc(COc3cc(C)ccc3C)cs2)c1. The Morgan fingerprint density at radius 2 is 1.92 bits per heavy atom. The van der Waals surface area contributed by atoms with Crippen LogP contribution >= 0.6 is 11.3 Å². The van der Waals surface area contributed by atoms with E-state index in [0.717, 1.165) is 28.0 Å². The van der Waals surface area contributed by atoms with Crippen molar-refractivity contribution in [2.45, 2.75) is 27.4 Å². The fourth-order valence-corrected chi connectivity index (χ4v) is 3.17. The van der Waals surface area contributed by atoms with Crippen molar-refractivity contribution >= 4 is 23.1 Å². The van der Waals surface area contributed by atoms with Crippen molar-refractivity contribution in [1.82, 2.24) is 4.98 Å². The van der Waals surface area contributed by atoms with E-state index in [1.54, 1.807) is 6.20 Å². The van der Waals surface area contributed by atoms with E-state index in [1.807, 2.05) is 56.5 Å². The number of thiophene rings is 1. The van der Waals surface area contributed by atoms with E-state index in [4.69, 9.17) is 4.74 Å². The summed E-state index contributed by atoms with van der Waals surface area (Å²) in [5.41, 5.74) is 4.30. The van der Waals surface area contributed by atoms with Crippen molar-refractivity contribution in [2.24, 2.45) is 0 Å². The zero-order valence-electron chi connectivity index (χ0n) is 14.5. The number of hydrogen-bond donors (Lipinski definition) is 1. The molecule has 25 heavy (non-hydrogen) atoms. The molecule has 0 aliphatic heterocycles. The van der Waals surface area contributed by atoms with E-state index in [0.29, 0.717) is 17.3 Å². The molecule has 0 radical (unpaired) electrons. The van der Waals surface area contributed by atoms with Gasteiger partial charge in [-0.3, -0.25) is 4.79 Å². The molecular formula is C20H20N2O2S. The first-order valence-electron chi connectivity index (χ1n) is 8.03. The molecule has 0 fully saturated rings. The molecule has 0 unspecified atom stereocenters. The Bertz CT molecular complexity index is 902. The molecule has 2 heterocycles. The molecule has 0 aliphatic rings. The van der Waals surface area contributed by atoms with E-state index in [2.05, 4.69) is 16.4 Å². The first-order valence-corrected chi connectivity index (χ1v) is 8.91. The Labute approximate surface area is 151 Å². The summed E-state index contributed by atoms with van der Waals surface area (Å²) in [5, 5.41) is 4.77. The highest BCUT2D eigenvalue weighted by atomic mass is 32.1. The normalized spacial score (nSPS) is 10.5. The van der Waals surface area contributed by atoms with Crippen LogP contribution in [0.2, 0.25) is 0 Å². The number of benzene rings is 1. The lowest BCUT2D eigenvalue weighted by Crippen LogP contribution is -2.11. The van der Waals surface area contributed by atoms with Gasteiger partial charge < -0.3 is 10.1 Å². The van der Waals surface area contributed by atoms with Gasteiger partial charge >= 0.3 is 0 Å². The lowest BCUT2D eigenvalue weighted by molar-refractivity contribution is 0.103. The number of nitrogens with one attached hydrogen (secondary N) is 1. The largest absolute Gasteiger partial charge is 0.489 e. The Morgan fingerprint density at radius 3 is 2.72 bits per heavy atom. The molecule has 0 atom stereocenters. The highest BCUT2D eigenvalue weighted by Gasteiger charge is 2.11. The van der Waals surface area contributed by atoms with Crippen LogP contribution in [-0.4, -0.2) is 10.9 Å². The third kappa shape index (κ3) is 4.45. The van der Waals surface area contributed by atoms with E-state index < -0.39 is 0 Å². The van der Waals surface area contributed by atoms with Crippen LogP contribution in [0.25, 0.3) is 0 Å². The number of rotatable bonds is 5. The highest BCUT2D eigenvalue weighted by Crippen LogP contribution is 2.22. The molecule has 128 valence electrons.